The Hall–Kier alpha value is -0.850. The van der Waals surface area contributed by atoms with E-state index < -0.39 is 0 Å². The Morgan fingerprint density at radius 3 is 2.45 bits per heavy atom. The SMILES string of the molecule is O=C(CNc1ccc(Br)cc1Br)Nc1cccc(Br)c1. The van der Waals surface area contributed by atoms with Crippen LogP contribution in [0.25, 0.3) is 0 Å². The summed E-state index contributed by atoms with van der Waals surface area (Å²) in [5.41, 5.74) is 1.64. The quantitative estimate of drug-likeness (QED) is 0.669. The molecule has 2 aromatic carbocycles. The maximum absolute atomic E-state index is 11.9. The van der Waals surface area contributed by atoms with E-state index in [0.29, 0.717) is 0 Å². The first-order chi connectivity index (χ1) is 9.54. The molecule has 3 nitrogen and oxygen atoms in total. The first-order valence-electron chi connectivity index (χ1n) is 5.79. The molecule has 0 spiro atoms. The van der Waals surface area contributed by atoms with Gasteiger partial charge >= 0.3 is 0 Å². The van der Waals surface area contributed by atoms with Crippen molar-refractivity contribution in [3.05, 3.63) is 55.9 Å². The third-order valence-electron chi connectivity index (χ3n) is 2.48. The number of hydrogen-bond donors (Lipinski definition) is 2. The van der Waals surface area contributed by atoms with Gasteiger partial charge in [-0.3, -0.25) is 4.79 Å². The highest BCUT2D eigenvalue weighted by atomic mass is 79.9. The maximum Gasteiger partial charge on any atom is 0.243 e. The third kappa shape index (κ3) is 4.61. The first kappa shape index (κ1) is 15.5. The van der Waals surface area contributed by atoms with Gasteiger partial charge in [-0.25, -0.2) is 0 Å². The standard InChI is InChI=1S/C14H11Br3N2O/c15-9-2-1-3-11(6-9)19-14(20)8-18-13-5-4-10(16)7-12(13)17/h1-7,18H,8H2,(H,19,20). The number of benzene rings is 2. The molecule has 0 radical (unpaired) electrons. The molecule has 2 rings (SSSR count). The van der Waals surface area contributed by atoms with Crippen LogP contribution in [-0.2, 0) is 4.79 Å². The van der Waals surface area contributed by atoms with Crippen LogP contribution in [0.4, 0.5) is 11.4 Å². The first-order valence-corrected chi connectivity index (χ1v) is 8.17. The molecule has 6 heteroatoms. The molecule has 20 heavy (non-hydrogen) atoms. The number of anilines is 2. The summed E-state index contributed by atoms with van der Waals surface area (Å²) >= 11 is 10.2. The van der Waals surface area contributed by atoms with Crippen molar-refractivity contribution in [2.45, 2.75) is 0 Å². The zero-order chi connectivity index (χ0) is 14.5. The lowest BCUT2D eigenvalue weighted by Gasteiger charge is -2.09. The molecule has 0 bridgehead atoms. The minimum Gasteiger partial charge on any atom is -0.375 e. The summed E-state index contributed by atoms with van der Waals surface area (Å²) in [7, 11) is 0. The molecule has 0 aliphatic carbocycles. The maximum atomic E-state index is 11.9. The van der Waals surface area contributed by atoms with Crippen molar-refractivity contribution in [2.75, 3.05) is 17.2 Å². The smallest absolute Gasteiger partial charge is 0.243 e. The Balaban J connectivity index is 1.92. The summed E-state index contributed by atoms with van der Waals surface area (Å²) in [6, 6.07) is 13.2. The van der Waals surface area contributed by atoms with Crippen LogP contribution in [0.5, 0.6) is 0 Å². The summed E-state index contributed by atoms with van der Waals surface area (Å²) in [5.74, 6) is -0.0991. The zero-order valence-electron chi connectivity index (χ0n) is 10.3. The molecule has 2 aromatic rings. The molecule has 0 atom stereocenters. The fraction of sp³-hybridized carbons (Fsp3) is 0.0714. The van der Waals surface area contributed by atoms with E-state index in [-0.39, 0.29) is 12.5 Å². The average Bonchev–Trinajstić information content (AvgIpc) is 2.37. The second kappa shape index (κ2) is 7.24. The van der Waals surface area contributed by atoms with Crippen molar-refractivity contribution in [1.82, 2.24) is 0 Å². The molecule has 0 fully saturated rings. The van der Waals surface area contributed by atoms with Crippen LogP contribution in [-0.4, -0.2) is 12.5 Å². The number of halogens is 3. The van der Waals surface area contributed by atoms with E-state index in [1.807, 2.05) is 42.5 Å². The molecule has 0 unspecified atom stereocenters. The van der Waals surface area contributed by atoms with E-state index in [9.17, 15) is 4.79 Å². The van der Waals surface area contributed by atoms with Gasteiger partial charge in [-0.2, -0.15) is 0 Å². The van der Waals surface area contributed by atoms with E-state index in [4.69, 9.17) is 0 Å². The fourth-order valence-electron chi connectivity index (χ4n) is 1.58. The molecular formula is C14H11Br3N2O. The second-order valence-corrected chi connectivity index (χ2v) is 6.72. The number of amides is 1. The molecule has 0 saturated carbocycles. The Morgan fingerprint density at radius 1 is 1.00 bits per heavy atom. The van der Waals surface area contributed by atoms with Crippen LogP contribution in [0.2, 0.25) is 0 Å². The van der Waals surface area contributed by atoms with Gasteiger partial charge in [-0.15, -0.1) is 0 Å². The predicted molar refractivity (Wildman–Crippen MR) is 93.1 cm³/mol. The summed E-state index contributed by atoms with van der Waals surface area (Å²) in [4.78, 5) is 11.9. The van der Waals surface area contributed by atoms with E-state index in [1.54, 1.807) is 0 Å². The Morgan fingerprint density at radius 2 is 1.75 bits per heavy atom. The van der Waals surface area contributed by atoms with E-state index in [0.717, 1.165) is 24.8 Å². The molecule has 0 saturated heterocycles. The van der Waals surface area contributed by atoms with Gasteiger partial charge in [0.1, 0.15) is 0 Å². The Kier molecular flexibility index (Phi) is 5.63. The van der Waals surface area contributed by atoms with Crippen molar-refractivity contribution in [2.24, 2.45) is 0 Å². The van der Waals surface area contributed by atoms with Gasteiger partial charge < -0.3 is 10.6 Å². The molecule has 1 amide bonds. The van der Waals surface area contributed by atoms with Crippen LogP contribution in [0, 0.1) is 0 Å². The van der Waals surface area contributed by atoms with Crippen molar-refractivity contribution in [3.8, 4) is 0 Å². The molecular weight excluding hydrogens is 452 g/mol. The Labute approximate surface area is 142 Å². The van der Waals surface area contributed by atoms with Crippen LogP contribution in [0.1, 0.15) is 0 Å². The minimum absolute atomic E-state index is 0.0991. The van der Waals surface area contributed by atoms with Crippen LogP contribution >= 0.6 is 47.8 Å². The van der Waals surface area contributed by atoms with Gasteiger partial charge in [0.05, 0.1) is 6.54 Å². The van der Waals surface area contributed by atoms with Crippen molar-refractivity contribution in [3.63, 3.8) is 0 Å². The predicted octanol–water partition coefficient (Wildman–Crippen LogP) is 5.02. The summed E-state index contributed by atoms with van der Waals surface area (Å²) in [5, 5.41) is 5.91. The van der Waals surface area contributed by atoms with Crippen molar-refractivity contribution >= 4 is 65.1 Å². The molecule has 2 N–H and O–H groups in total. The number of nitrogens with one attached hydrogen (secondary N) is 2. The van der Waals surface area contributed by atoms with E-state index in [1.165, 1.54) is 0 Å². The number of rotatable bonds is 4. The van der Waals surface area contributed by atoms with E-state index in [2.05, 4.69) is 58.4 Å². The van der Waals surface area contributed by atoms with Gasteiger partial charge in [0, 0.05) is 24.8 Å². The van der Waals surface area contributed by atoms with Gasteiger partial charge in [0.25, 0.3) is 0 Å². The molecule has 104 valence electrons. The molecule has 0 heterocycles. The third-order valence-corrected chi connectivity index (χ3v) is 4.12. The fourth-order valence-corrected chi connectivity index (χ4v) is 3.17. The van der Waals surface area contributed by atoms with Gasteiger partial charge in [0.2, 0.25) is 5.91 Å². The van der Waals surface area contributed by atoms with Crippen LogP contribution < -0.4 is 10.6 Å². The average molecular weight is 463 g/mol. The number of hydrogen-bond acceptors (Lipinski definition) is 2. The van der Waals surface area contributed by atoms with Gasteiger partial charge in [-0.05, 0) is 52.3 Å². The minimum atomic E-state index is -0.0991. The number of carbonyl (C=O) groups is 1. The molecule has 0 aliphatic rings. The summed E-state index contributed by atoms with van der Waals surface area (Å²) in [6.45, 7) is 0.201. The largest absolute Gasteiger partial charge is 0.375 e. The summed E-state index contributed by atoms with van der Waals surface area (Å²) < 4.78 is 2.81. The molecule has 0 aromatic heterocycles. The van der Waals surface area contributed by atoms with Gasteiger partial charge in [-0.1, -0.05) is 37.9 Å². The van der Waals surface area contributed by atoms with Gasteiger partial charge in [0.15, 0.2) is 0 Å². The highest BCUT2D eigenvalue weighted by molar-refractivity contribution is 9.11. The van der Waals surface area contributed by atoms with E-state index >= 15 is 0 Å². The zero-order valence-corrected chi connectivity index (χ0v) is 15.0. The second-order valence-electron chi connectivity index (χ2n) is 4.04. The topological polar surface area (TPSA) is 41.1 Å². The Bertz CT molecular complexity index is 632. The normalized spacial score (nSPS) is 10.2. The lowest BCUT2D eigenvalue weighted by atomic mass is 10.3. The highest BCUT2D eigenvalue weighted by Crippen LogP contribution is 2.26. The monoisotopic (exact) mass is 460 g/mol. The van der Waals surface area contributed by atoms with Crippen LogP contribution in [0.3, 0.4) is 0 Å². The highest BCUT2D eigenvalue weighted by Gasteiger charge is 2.05. The van der Waals surface area contributed by atoms with Crippen LogP contribution in [0.15, 0.2) is 55.9 Å². The van der Waals surface area contributed by atoms with Crippen molar-refractivity contribution in [1.29, 1.82) is 0 Å². The van der Waals surface area contributed by atoms with Crippen molar-refractivity contribution < 1.29 is 4.79 Å². The lowest BCUT2D eigenvalue weighted by molar-refractivity contribution is -0.114. The number of carbonyl (C=O) groups excluding carboxylic acids is 1. The lowest BCUT2D eigenvalue weighted by Crippen LogP contribution is -2.21. The molecule has 0 aliphatic heterocycles. The summed E-state index contributed by atoms with van der Waals surface area (Å²) in [6.07, 6.45) is 0.